The van der Waals surface area contributed by atoms with Gasteiger partial charge < -0.3 is 15.4 Å². The second kappa shape index (κ2) is 7.77. The summed E-state index contributed by atoms with van der Waals surface area (Å²) in [5.74, 6) is -1.47. The Morgan fingerprint density at radius 1 is 1.27 bits per heavy atom. The Labute approximate surface area is 129 Å². The van der Waals surface area contributed by atoms with Crippen molar-refractivity contribution in [3.63, 3.8) is 0 Å². The van der Waals surface area contributed by atoms with Crippen molar-refractivity contribution in [3.05, 3.63) is 33.7 Å². The number of aromatic amines is 1. The molecule has 1 rings (SSSR count). The molecule has 0 saturated carbocycles. The Kier molecular flexibility index (Phi) is 6.34. The van der Waals surface area contributed by atoms with Crippen molar-refractivity contribution >= 4 is 11.9 Å². The summed E-state index contributed by atoms with van der Waals surface area (Å²) >= 11 is 0. The van der Waals surface area contributed by atoms with Gasteiger partial charge in [0.15, 0.2) is 0 Å². The molecule has 122 valence electrons. The molecule has 1 aromatic heterocycles. The number of carboxylic acid groups (broad SMARTS) is 1. The van der Waals surface area contributed by atoms with Crippen LogP contribution >= 0.6 is 0 Å². The number of carbonyl (C=O) groups is 2. The lowest BCUT2D eigenvalue weighted by Crippen LogP contribution is -2.45. The molecule has 6 nitrogen and oxygen atoms in total. The first-order chi connectivity index (χ1) is 10.2. The van der Waals surface area contributed by atoms with Gasteiger partial charge in [0, 0.05) is 17.3 Å². The summed E-state index contributed by atoms with van der Waals surface area (Å²) in [7, 11) is 0. The fourth-order valence-corrected chi connectivity index (χ4v) is 2.19. The van der Waals surface area contributed by atoms with Gasteiger partial charge in [-0.2, -0.15) is 0 Å². The summed E-state index contributed by atoms with van der Waals surface area (Å²) in [6, 6.07) is 1.83. The molecule has 0 aromatic carbocycles. The molecular formula is C16H24N2O4. The van der Waals surface area contributed by atoms with E-state index in [1.807, 2.05) is 20.8 Å². The molecule has 3 N–H and O–H groups in total. The van der Waals surface area contributed by atoms with Crippen molar-refractivity contribution in [1.82, 2.24) is 10.3 Å². The van der Waals surface area contributed by atoms with Gasteiger partial charge in [0.25, 0.3) is 5.91 Å². The highest BCUT2D eigenvalue weighted by Crippen LogP contribution is 2.10. The second-order valence-corrected chi connectivity index (χ2v) is 6.03. The molecule has 1 amide bonds. The Morgan fingerprint density at radius 2 is 1.91 bits per heavy atom. The first-order valence-electron chi connectivity index (χ1n) is 7.51. The van der Waals surface area contributed by atoms with Gasteiger partial charge in [0.05, 0.1) is 0 Å². The third-order valence-electron chi connectivity index (χ3n) is 3.56. The van der Waals surface area contributed by atoms with Crippen LogP contribution < -0.4 is 10.9 Å². The van der Waals surface area contributed by atoms with Crippen LogP contribution in [-0.4, -0.2) is 28.0 Å². The first kappa shape index (κ1) is 17.9. The minimum absolute atomic E-state index is 0.189. The number of aromatic nitrogens is 1. The van der Waals surface area contributed by atoms with E-state index in [2.05, 4.69) is 10.3 Å². The Morgan fingerprint density at radius 3 is 2.41 bits per heavy atom. The number of hydrogen-bond donors (Lipinski definition) is 3. The molecule has 0 aliphatic rings. The van der Waals surface area contributed by atoms with Crippen LogP contribution in [0.15, 0.2) is 16.9 Å². The average Bonchev–Trinajstić information content (AvgIpc) is 2.41. The predicted molar refractivity (Wildman–Crippen MR) is 83.9 cm³/mol. The quantitative estimate of drug-likeness (QED) is 0.715. The van der Waals surface area contributed by atoms with E-state index in [1.54, 1.807) is 13.0 Å². The maximum atomic E-state index is 12.2. The molecule has 0 bridgehead atoms. The van der Waals surface area contributed by atoms with Crippen LogP contribution in [-0.2, 0) is 11.2 Å². The molecule has 2 atom stereocenters. The minimum atomic E-state index is -1.07. The van der Waals surface area contributed by atoms with E-state index in [1.165, 1.54) is 6.07 Å². The lowest BCUT2D eigenvalue weighted by molar-refractivity contribution is -0.140. The molecule has 1 heterocycles. The van der Waals surface area contributed by atoms with Gasteiger partial charge in [-0.3, -0.25) is 9.59 Å². The Bertz CT molecular complexity index is 592. The Balaban J connectivity index is 2.99. The Hall–Kier alpha value is -2.11. The van der Waals surface area contributed by atoms with Crippen LogP contribution in [0.2, 0.25) is 0 Å². The molecule has 0 spiro atoms. The lowest BCUT2D eigenvalue weighted by Gasteiger charge is -2.20. The normalized spacial score (nSPS) is 13.7. The van der Waals surface area contributed by atoms with Crippen molar-refractivity contribution < 1.29 is 14.7 Å². The van der Waals surface area contributed by atoms with Crippen LogP contribution in [0.3, 0.4) is 0 Å². The maximum absolute atomic E-state index is 12.2. The summed E-state index contributed by atoms with van der Waals surface area (Å²) in [5.41, 5.74) is 0.496. The van der Waals surface area contributed by atoms with Crippen molar-refractivity contribution in [2.45, 2.75) is 46.6 Å². The predicted octanol–water partition coefficient (Wildman–Crippen LogP) is 1.80. The summed E-state index contributed by atoms with van der Waals surface area (Å²) < 4.78 is 0. The summed E-state index contributed by atoms with van der Waals surface area (Å²) in [6.45, 7) is 7.64. The number of pyridine rings is 1. The van der Waals surface area contributed by atoms with E-state index >= 15 is 0 Å². The smallest absolute Gasteiger partial charge is 0.326 e. The third kappa shape index (κ3) is 5.02. The van der Waals surface area contributed by atoms with E-state index in [-0.39, 0.29) is 17.0 Å². The molecule has 6 heteroatoms. The van der Waals surface area contributed by atoms with Gasteiger partial charge in [0.1, 0.15) is 6.04 Å². The molecule has 1 aromatic rings. The van der Waals surface area contributed by atoms with E-state index in [9.17, 15) is 19.5 Å². The summed E-state index contributed by atoms with van der Waals surface area (Å²) in [4.78, 5) is 37.9. The van der Waals surface area contributed by atoms with Crippen molar-refractivity contribution in [1.29, 1.82) is 0 Å². The number of hydrogen-bond acceptors (Lipinski definition) is 3. The highest BCUT2D eigenvalue weighted by molar-refractivity contribution is 5.96. The number of amides is 1. The second-order valence-electron chi connectivity index (χ2n) is 6.03. The number of carboxylic acids is 1. The van der Waals surface area contributed by atoms with Crippen LogP contribution in [0.5, 0.6) is 0 Å². The fourth-order valence-electron chi connectivity index (χ4n) is 2.19. The van der Waals surface area contributed by atoms with Crippen molar-refractivity contribution in [2.24, 2.45) is 11.8 Å². The summed E-state index contributed by atoms with van der Waals surface area (Å²) in [5, 5.41) is 11.7. The molecule has 22 heavy (non-hydrogen) atoms. The number of nitrogens with one attached hydrogen (secondary N) is 2. The molecule has 0 fully saturated rings. The van der Waals surface area contributed by atoms with E-state index in [0.29, 0.717) is 24.5 Å². The number of carbonyl (C=O) groups excluding carboxylic acids is 1. The zero-order valence-electron chi connectivity index (χ0n) is 13.5. The topological polar surface area (TPSA) is 99.3 Å². The van der Waals surface area contributed by atoms with E-state index in [0.717, 1.165) is 0 Å². The SMILES string of the molecule is CCC(C)C(NC(=O)c1cc(CC(C)C)[nH]c(=O)c1)C(=O)O. The van der Waals surface area contributed by atoms with Crippen molar-refractivity contribution in [3.8, 4) is 0 Å². The van der Waals surface area contributed by atoms with Crippen LogP contribution in [0.25, 0.3) is 0 Å². The molecule has 0 radical (unpaired) electrons. The average molecular weight is 308 g/mol. The van der Waals surface area contributed by atoms with Gasteiger partial charge >= 0.3 is 5.97 Å². The fraction of sp³-hybridized carbons (Fsp3) is 0.562. The summed E-state index contributed by atoms with van der Waals surface area (Å²) in [6.07, 6.45) is 1.27. The highest BCUT2D eigenvalue weighted by Gasteiger charge is 2.26. The monoisotopic (exact) mass is 308 g/mol. The van der Waals surface area contributed by atoms with Crippen molar-refractivity contribution in [2.75, 3.05) is 0 Å². The zero-order chi connectivity index (χ0) is 16.9. The lowest BCUT2D eigenvalue weighted by atomic mass is 9.99. The van der Waals surface area contributed by atoms with Gasteiger partial charge in [-0.15, -0.1) is 0 Å². The molecule has 2 unspecified atom stereocenters. The van der Waals surface area contributed by atoms with Crippen LogP contribution in [0, 0.1) is 11.8 Å². The minimum Gasteiger partial charge on any atom is -0.480 e. The van der Waals surface area contributed by atoms with Crippen LogP contribution in [0.4, 0.5) is 0 Å². The molecule has 0 aliphatic carbocycles. The zero-order valence-corrected chi connectivity index (χ0v) is 13.5. The maximum Gasteiger partial charge on any atom is 0.326 e. The number of rotatable bonds is 7. The standard InChI is InChI=1S/C16H24N2O4/c1-5-10(4)14(16(21)22)18-15(20)11-7-12(6-9(2)3)17-13(19)8-11/h7-10,14H,5-6H2,1-4H3,(H,17,19)(H,18,20)(H,21,22). The van der Waals surface area contributed by atoms with E-state index in [4.69, 9.17) is 0 Å². The van der Waals surface area contributed by atoms with Gasteiger partial charge in [0.2, 0.25) is 5.56 Å². The molecule has 0 aliphatic heterocycles. The number of H-pyrrole nitrogens is 1. The van der Waals surface area contributed by atoms with Crippen LogP contribution in [0.1, 0.15) is 50.2 Å². The highest BCUT2D eigenvalue weighted by atomic mass is 16.4. The van der Waals surface area contributed by atoms with E-state index < -0.39 is 17.9 Å². The number of aliphatic carboxylic acids is 1. The third-order valence-corrected chi connectivity index (χ3v) is 3.56. The van der Waals surface area contributed by atoms with Gasteiger partial charge in [-0.1, -0.05) is 34.1 Å². The van der Waals surface area contributed by atoms with Gasteiger partial charge in [-0.05, 0) is 24.3 Å². The molecule has 0 saturated heterocycles. The molecular weight excluding hydrogens is 284 g/mol. The largest absolute Gasteiger partial charge is 0.480 e. The van der Waals surface area contributed by atoms with Gasteiger partial charge in [-0.25, -0.2) is 4.79 Å². The first-order valence-corrected chi connectivity index (χ1v) is 7.51.